The SMILES string of the molecule is CON=C(C([NH])=O)c1csc(NC(=O)CCl)n1. The molecule has 0 aliphatic rings. The van der Waals surface area contributed by atoms with Crippen LogP contribution in [0.5, 0.6) is 0 Å². The predicted octanol–water partition coefficient (Wildman–Crippen LogP) is 0.480. The molecule has 91 valence electrons. The van der Waals surface area contributed by atoms with Gasteiger partial charge in [-0.15, -0.1) is 22.9 Å². The maximum absolute atomic E-state index is 11.0. The Kier molecular flexibility index (Phi) is 4.85. The van der Waals surface area contributed by atoms with Crippen molar-refractivity contribution in [1.82, 2.24) is 10.7 Å². The van der Waals surface area contributed by atoms with Crippen molar-refractivity contribution >= 4 is 45.6 Å². The topological polar surface area (TPSA) is 104 Å². The van der Waals surface area contributed by atoms with Gasteiger partial charge in [0.2, 0.25) is 5.91 Å². The van der Waals surface area contributed by atoms with Crippen molar-refractivity contribution < 1.29 is 14.4 Å². The number of oxime groups is 1. The van der Waals surface area contributed by atoms with Crippen molar-refractivity contribution in [3.63, 3.8) is 0 Å². The minimum Gasteiger partial charge on any atom is -0.398 e. The summed E-state index contributed by atoms with van der Waals surface area (Å²) in [6.45, 7) is 0. The summed E-state index contributed by atoms with van der Waals surface area (Å²) < 4.78 is 0. The number of rotatable bonds is 5. The van der Waals surface area contributed by atoms with Crippen molar-refractivity contribution in [2.75, 3.05) is 18.3 Å². The van der Waals surface area contributed by atoms with E-state index in [1.54, 1.807) is 0 Å². The summed E-state index contributed by atoms with van der Waals surface area (Å²) in [6.07, 6.45) is 0. The van der Waals surface area contributed by atoms with Gasteiger partial charge in [0.15, 0.2) is 10.8 Å². The van der Waals surface area contributed by atoms with Crippen LogP contribution in [0.3, 0.4) is 0 Å². The highest BCUT2D eigenvalue weighted by atomic mass is 35.5. The minimum atomic E-state index is -1.02. The summed E-state index contributed by atoms with van der Waals surface area (Å²) in [6, 6.07) is 0. The number of thiazole rings is 1. The molecule has 1 aromatic heterocycles. The average Bonchev–Trinajstić information content (AvgIpc) is 2.73. The maximum atomic E-state index is 11.0. The van der Waals surface area contributed by atoms with Crippen LogP contribution in [0.4, 0.5) is 5.13 Å². The fourth-order valence-corrected chi connectivity index (χ4v) is 1.67. The molecule has 0 bridgehead atoms. The first-order chi connectivity index (χ1) is 8.08. The first kappa shape index (κ1) is 13.4. The average molecular weight is 276 g/mol. The van der Waals surface area contributed by atoms with Crippen molar-refractivity contribution in [3.05, 3.63) is 11.1 Å². The number of alkyl halides is 1. The lowest BCUT2D eigenvalue weighted by Crippen LogP contribution is -2.17. The molecule has 0 saturated carbocycles. The maximum Gasteiger partial charge on any atom is 0.294 e. The van der Waals surface area contributed by atoms with E-state index in [2.05, 4.69) is 20.3 Å². The van der Waals surface area contributed by atoms with Crippen LogP contribution in [0, 0.1) is 0 Å². The molecule has 0 aliphatic carbocycles. The zero-order valence-electron chi connectivity index (χ0n) is 8.69. The summed E-state index contributed by atoms with van der Waals surface area (Å²) in [5.74, 6) is -1.62. The van der Waals surface area contributed by atoms with Crippen LogP contribution in [0.1, 0.15) is 5.69 Å². The van der Waals surface area contributed by atoms with Crippen molar-refractivity contribution in [3.8, 4) is 0 Å². The van der Waals surface area contributed by atoms with Gasteiger partial charge < -0.3 is 10.2 Å². The summed E-state index contributed by atoms with van der Waals surface area (Å²) in [5, 5.41) is 7.56. The highest BCUT2D eigenvalue weighted by Crippen LogP contribution is 2.16. The van der Waals surface area contributed by atoms with Gasteiger partial charge in [0.25, 0.3) is 5.91 Å². The third-order valence-electron chi connectivity index (χ3n) is 1.51. The Morgan fingerprint density at radius 3 is 2.94 bits per heavy atom. The second-order valence-electron chi connectivity index (χ2n) is 2.67. The third kappa shape index (κ3) is 3.68. The molecule has 1 aromatic rings. The number of aromatic nitrogens is 1. The molecule has 9 heteroatoms. The molecule has 0 spiro atoms. The Bertz CT molecular complexity index is 459. The lowest BCUT2D eigenvalue weighted by molar-refractivity contribution is -0.114. The van der Waals surface area contributed by atoms with Crippen molar-refractivity contribution in [1.29, 1.82) is 0 Å². The second-order valence-corrected chi connectivity index (χ2v) is 3.80. The number of carbonyl (C=O) groups excluding carboxylic acids is 2. The summed E-state index contributed by atoms with van der Waals surface area (Å²) in [7, 11) is 1.26. The molecule has 0 saturated heterocycles. The highest BCUT2D eigenvalue weighted by Gasteiger charge is 2.16. The molecule has 0 fully saturated rings. The van der Waals surface area contributed by atoms with Gasteiger partial charge in [-0.25, -0.2) is 4.98 Å². The normalized spacial score (nSPS) is 11.1. The fraction of sp³-hybridized carbons (Fsp3) is 0.250. The molecule has 0 unspecified atom stereocenters. The van der Waals surface area contributed by atoms with E-state index in [0.29, 0.717) is 0 Å². The number of carbonyl (C=O) groups is 2. The molecule has 0 aromatic carbocycles. The van der Waals surface area contributed by atoms with Crippen LogP contribution in [0.2, 0.25) is 0 Å². The van der Waals surface area contributed by atoms with Crippen LogP contribution in [-0.2, 0) is 14.4 Å². The standard InChI is InChI=1S/C8H8ClN4O3S/c1-16-13-6(7(10)15)4-3-17-8(11-4)12-5(14)2-9/h3,10H,2H2,1H3,(H,11,12,14). The first-order valence-corrected chi connectivity index (χ1v) is 5.68. The Hall–Kier alpha value is -1.67. The number of nitrogens with one attached hydrogen (secondary N) is 2. The van der Waals surface area contributed by atoms with E-state index in [4.69, 9.17) is 17.3 Å². The van der Waals surface area contributed by atoms with Gasteiger partial charge in [0, 0.05) is 5.38 Å². The highest BCUT2D eigenvalue weighted by molar-refractivity contribution is 7.14. The van der Waals surface area contributed by atoms with Gasteiger partial charge in [-0.2, -0.15) is 0 Å². The van der Waals surface area contributed by atoms with Crippen LogP contribution in [-0.4, -0.2) is 35.5 Å². The molecule has 1 rings (SSSR count). The lowest BCUT2D eigenvalue weighted by atomic mass is 10.3. The Morgan fingerprint density at radius 1 is 1.71 bits per heavy atom. The quantitative estimate of drug-likeness (QED) is 0.479. The summed E-state index contributed by atoms with van der Waals surface area (Å²) >= 11 is 6.40. The van der Waals surface area contributed by atoms with E-state index < -0.39 is 11.8 Å². The van der Waals surface area contributed by atoms with E-state index >= 15 is 0 Å². The summed E-state index contributed by atoms with van der Waals surface area (Å²) in [5.41, 5.74) is 6.91. The molecule has 2 N–H and O–H groups in total. The monoisotopic (exact) mass is 275 g/mol. The lowest BCUT2D eigenvalue weighted by Gasteiger charge is -1.97. The Morgan fingerprint density at radius 2 is 2.41 bits per heavy atom. The van der Waals surface area contributed by atoms with E-state index in [1.165, 1.54) is 12.5 Å². The largest absolute Gasteiger partial charge is 0.398 e. The van der Waals surface area contributed by atoms with Gasteiger partial charge in [-0.1, -0.05) is 5.16 Å². The van der Waals surface area contributed by atoms with Crippen molar-refractivity contribution in [2.24, 2.45) is 5.16 Å². The molecule has 0 atom stereocenters. The van der Waals surface area contributed by atoms with Gasteiger partial charge in [-0.05, 0) is 0 Å². The van der Waals surface area contributed by atoms with Crippen LogP contribution in [0.25, 0.3) is 0 Å². The van der Waals surface area contributed by atoms with Crippen molar-refractivity contribution in [2.45, 2.75) is 0 Å². The van der Waals surface area contributed by atoms with Crippen LogP contribution >= 0.6 is 22.9 Å². The Balaban J connectivity index is 2.89. The predicted molar refractivity (Wildman–Crippen MR) is 63.1 cm³/mol. The van der Waals surface area contributed by atoms with Gasteiger partial charge in [-0.3, -0.25) is 15.3 Å². The van der Waals surface area contributed by atoms with E-state index in [1.807, 2.05) is 0 Å². The van der Waals surface area contributed by atoms with Crippen LogP contribution < -0.4 is 11.1 Å². The third-order valence-corrected chi connectivity index (χ3v) is 2.51. The second kappa shape index (κ2) is 6.16. The number of amides is 2. The molecule has 0 aliphatic heterocycles. The smallest absolute Gasteiger partial charge is 0.294 e. The Labute approximate surface area is 106 Å². The first-order valence-electron chi connectivity index (χ1n) is 4.27. The minimum absolute atomic E-state index is 0.168. The van der Waals surface area contributed by atoms with Gasteiger partial charge in [0.1, 0.15) is 18.7 Å². The zero-order valence-corrected chi connectivity index (χ0v) is 10.3. The number of hydrogen-bond acceptors (Lipinski definition) is 6. The van der Waals surface area contributed by atoms with E-state index in [0.717, 1.165) is 11.3 Å². The molecule has 1 radical (unpaired) electrons. The van der Waals surface area contributed by atoms with Crippen LogP contribution in [0.15, 0.2) is 10.5 Å². The number of halogens is 1. The van der Waals surface area contributed by atoms with Gasteiger partial charge >= 0.3 is 0 Å². The number of nitrogens with zero attached hydrogens (tertiary/aromatic N) is 2. The molecule has 7 nitrogen and oxygen atoms in total. The molecular formula is C8H8ClN4O3S. The summed E-state index contributed by atoms with van der Waals surface area (Å²) in [4.78, 5) is 30.3. The van der Waals surface area contributed by atoms with E-state index in [-0.39, 0.29) is 22.4 Å². The zero-order chi connectivity index (χ0) is 12.8. The van der Waals surface area contributed by atoms with Gasteiger partial charge in [0.05, 0.1) is 0 Å². The molecule has 2 amide bonds. The number of anilines is 1. The van der Waals surface area contributed by atoms with E-state index in [9.17, 15) is 9.59 Å². The molecule has 17 heavy (non-hydrogen) atoms. The molecular weight excluding hydrogens is 268 g/mol. The molecule has 1 heterocycles. The number of hydrogen-bond donors (Lipinski definition) is 1. The fourth-order valence-electron chi connectivity index (χ4n) is 0.888.